The lowest BCUT2D eigenvalue weighted by Gasteiger charge is -2.22. The van der Waals surface area contributed by atoms with Gasteiger partial charge in [-0.2, -0.15) is 5.10 Å². The first-order valence-corrected chi connectivity index (χ1v) is 9.55. The molecule has 0 unspecified atom stereocenters. The maximum Gasteiger partial charge on any atom is 0.193 e. The quantitative estimate of drug-likeness (QED) is 0.248. The number of aliphatic imine (C=N–C) groups is 1. The molecule has 0 radical (unpaired) electrons. The van der Waals surface area contributed by atoms with E-state index in [1.807, 2.05) is 43.0 Å². The molecule has 0 fully saturated rings. The van der Waals surface area contributed by atoms with Crippen LogP contribution in [0.25, 0.3) is 0 Å². The molecule has 0 aliphatic heterocycles. The molecule has 0 aliphatic rings. The van der Waals surface area contributed by atoms with Crippen molar-refractivity contribution in [1.29, 1.82) is 0 Å². The molecule has 1 aromatic carbocycles. The Labute approximate surface area is 190 Å². The maximum atomic E-state index is 5.98. The lowest BCUT2D eigenvalue weighted by molar-refractivity contribution is 0.125. The molecule has 0 spiro atoms. The maximum absolute atomic E-state index is 5.98. The molecular formula is C20H31ClIN5O. The largest absolute Gasteiger partial charge is 0.375 e. The molecule has 2 aromatic rings. The highest BCUT2D eigenvalue weighted by molar-refractivity contribution is 14.0. The number of rotatable bonds is 8. The monoisotopic (exact) mass is 519 g/mol. The van der Waals surface area contributed by atoms with E-state index in [2.05, 4.69) is 40.4 Å². The van der Waals surface area contributed by atoms with Gasteiger partial charge in [-0.3, -0.25) is 9.67 Å². The van der Waals surface area contributed by atoms with Crippen LogP contribution in [0.15, 0.2) is 35.5 Å². The van der Waals surface area contributed by atoms with Gasteiger partial charge in [0.2, 0.25) is 0 Å². The average molecular weight is 520 g/mol. The zero-order valence-electron chi connectivity index (χ0n) is 17.3. The first kappa shape index (κ1) is 24.7. The lowest BCUT2D eigenvalue weighted by atomic mass is 10.1. The fourth-order valence-electron chi connectivity index (χ4n) is 2.93. The smallest absolute Gasteiger partial charge is 0.193 e. The molecule has 1 aromatic heterocycles. The van der Waals surface area contributed by atoms with Gasteiger partial charge < -0.3 is 15.0 Å². The number of guanidine groups is 1. The Morgan fingerprint density at radius 2 is 2.14 bits per heavy atom. The van der Waals surface area contributed by atoms with Gasteiger partial charge in [0.05, 0.1) is 18.9 Å². The predicted octanol–water partition coefficient (Wildman–Crippen LogP) is 4.04. The van der Waals surface area contributed by atoms with Gasteiger partial charge in [-0.1, -0.05) is 37.6 Å². The van der Waals surface area contributed by atoms with Crippen molar-refractivity contribution in [1.82, 2.24) is 20.0 Å². The van der Waals surface area contributed by atoms with Crippen LogP contribution in [0.4, 0.5) is 0 Å². The van der Waals surface area contributed by atoms with Gasteiger partial charge in [-0.15, -0.1) is 24.0 Å². The highest BCUT2D eigenvalue weighted by Crippen LogP contribution is 2.18. The highest BCUT2D eigenvalue weighted by atomic mass is 127. The summed E-state index contributed by atoms with van der Waals surface area (Å²) in [5, 5.41) is 8.64. The van der Waals surface area contributed by atoms with Crippen molar-refractivity contribution < 1.29 is 4.74 Å². The van der Waals surface area contributed by atoms with Crippen LogP contribution in [0.3, 0.4) is 0 Å². The number of hydrogen-bond donors (Lipinski definition) is 1. The summed E-state index contributed by atoms with van der Waals surface area (Å²) < 4.78 is 7.59. The Balaban J connectivity index is 0.00000392. The van der Waals surface area contributed by atoms with E-state index in [0.29, 0.717) is 25.7 Å². The molecular weight excluding hydrogens is 489 g/mol. The summed E-state index contributed by atoms with van der Waals surface area (Å²) >= 11 is 5.98. The van der Waals surface area contributed by atoms with Crippen molar-refractivity contribution in [2.45, 2.75) is 32.9 Å². The number of aryl methyl sites for hydroxylation is 1. The van der Waals surface area contributed by atoms with Gasteiger partial charge in [-0.25, -0.2) is 0 Å². The van der Waals surface area contributed by atoms with Gasteiger partial charge in [0, 0.05) is 51.0 Å². The molecule has 6 nitrogen and oxygen atoms in total. The minimum absolute atomic E-state index is 0. The van der Waals surface area contributed by atoms with E-state index in [4.69, 9.17) is 16.3 Å². The molecule has 0 atom stereocenters. The molecule has 0 aliphatic carbocycles. The van der Waals surface area contributed by atoms with Crippen LogP contribution >= 0.6 is 35.6 Å². The van der Waals surface area contributed by atoms with Gasteiger partial charge in [0.25, 0.3) is 0 Å². The summed E-state index contributed by atoms with van der Waals surface area (Å²) in [5.41, 5.74) is 3.42. The number of nitrogens with zero attached hydrogens (tertiary/aromatic N) is 4. The summed E-state index contributed by atoms with van der Waals surface area (Å²) in [7, 11) is 5.78. The molecule has 2 rings (SSSR count). The summed E-state index contributed by atoms with van der Waals surface area (Å²) in [5.74, 6) is 1.23. The Bertz CT molecular complexity index is 763. The van der Waals surface area contributed by atoms with Gasteiger partial charge in [-0.05, 0) is 23.6 Å². The molecule has 1 N–H and O–H groups in total. The summed E-state index contributed by atoms with van der Waals surface area (Å²) in [4.78, 5) is 6.46. The van der Waals surface area contributed by atoms with Gasteiger partial charge >= 0.3 is 0 Å². The number of ether oxygens (including phenoxy) is 1. The molecule has 0 bridgehead atoms. The molecule has 0 saturated heterocycles. The first-order chi connectivity index (χ1) is 12.9. The zero-order chi connectivity index (χ0) is 19.8. The molecule has 1 heterocycles. The minimum Gasteiger partial charge on any atom is -0.375 e. The molecule has 0 amide bonds. The predicted molar refractivity (Wildman–Crippen MR) is 127 cm³/mol. The molecule has 8 heteroatoms. The van der Waals surface area contributed by atoms with Crippen LogP contribution in [0.1, 0.15) is 36.6 Å². The SMILES string of the molecule is CN=C(NCCOCc1cccc(Cl)c1)N(C)Cc1cn(C)nc1C(C)C.I. The minimum atomic E-state index is 0. The Kier molecular flexibility index (Phi) is 10.8. The van der Waals surface area contributed by atoms with Crippen molar-refractivity contribution >= 4 is 41.5 Å². The third kappa shape index (κ3) is 7.60. The number of nitrogens with one attached hydrogen (secondary N) is 1. The highest BCUT2D eigenvalue weighted by Gasteiger charge is 2.14. The van der Waals surface area contributed by atoms with Crippen LogP contribution in [0.5, 0.6) is 0 Å². The van der Waals surface area contributed by atoms with Crippen molar-refractivity contribution in [2.75, 3.05) is 27.2 Å². The number of aromatic nitrogens is 2. The third-order valence-corrected chi connectivity index (χ3v) is 4.39. The van der Waals surface area contributed by atoms with Gasteiger partial charge in [0.15, 0.2) is 5.96 Å². The first-order valence-electron chi connectivity index (χ1n) is 9.17. The topological polar surface area (TPSA) is 54.7 Å². The van der Waals surface area contributed by atoms with Crippen LogP contribution in [-0.2, 0) is 24.9 Å². The second-order valence-electron chi connectivity index (χ2n) is 6.88. The summed E-state index contributed by atoms with van der Waals surface area (Å²) in [6, 6.07) is 7.72. The van der Waals surface area contributed by atoms with E-state index in [0.717, 1.165) is 28.8 Å². The lowest BCUT2D eigenvalue weighted by Crippen LogP contribution is -2.40. The fraction of sp³-hybridized carbons (Fsp3) is 0.500. The second-order valence-corrected chi connectivity index (χ2v) is 7.32. The van der Waals surface area contributed by atoms with Crippen molar-refractivity contribution in [3.63, 3.8) is 0 Å². The van der Waals surface area contributed by atoms with Crippen molar-refractivity contribution in [3.05, 3.63) is 52.3 Å². The van der Waals surface area contributed by atoms with Crippen LogP contribution in [0, 0.1) is 0 Å². The van der Waals surface area contributed by atoms with Crippen LogP contribution < -0.4 is 5.32 Å². The van der Waals surface area contributed by atoms with E-state index in [-0.39, 0.29) is 24.0 Å². The normalized spacial score (nSPS) is 11.5. The van der Waals surface area contributed by atoms with Crippen molar-refractivity contribution in [3.8, 4) is 0 Å². The zero-order valence-corrected chi connectivity index (χ0v) is 20.4. The molecule has 156 valence electrons. The fourth-order valence-corrected chi connectivity index (χ4v) is 3.14. The Hall–Kier alpha value is -1.32. The Morgan fingerprint density at radius 3 is 2.79 bits per heavy atom. The van der Waals surface area contributed by atoms with Gasteiger partial charge in [0.1, 0.15) is 0 Å². The summed E-state index contributed by atoms with van der Waals surface area (Å²) in [6.45, 7) is 6.89. The van der Waals surface area contributed by atoms with E-state index in [1.165, 1.54) is 5.56 Å². The van der Waals surface area contributed by atoms with E-state index in [1.54, 1.807) is 7.05 Å². The Morgan fingerprint density at radius 1 is 1.39 bits per heavy atom. The number of benzene rings is 1. The average Bonchev–Trinajstić information content (AvgIpc) is 2.98. The van der Waals surface area contributed by atoms with Crippen LogP contribution in [-0.4, -0.2) is 47.9 Å². The number of hydrogen-bond acceptors (Lipinski definition) is 3. The molecule has 0 saturated carbocycles. The van der Waals surface area contributed by atoms with Crippen LogP contribution in [0.2, 0.25) is 5.02 Å². The van der Waals surface area contributed by atoms with E-state index in [9.17, 15) is 0 Å². The number of halogens is 2. The molecule has 28 heavy (non-hydrogen) atoms. The second kappa shape index (κ2) is 12.3. The third-order valence-electron chi connectivity index (χ3n) is 4.15. The van der Waals surface area contributed by atoms with Crippen molar-refractivity contribution in [2.24, 2.45) is 12.0 Å². The standard InChI is InChI=1S/C20H30ClN5O.HI/c1-15(2)19-17(13-26(5)24-19)12-25(4)20(22-3)23-9-10-27-14-16-7-6-8-18(21)11-16;/h6-8,11,13,15H,9-10,12,14H2,1-5H3,(H,22,23);1H. The van der Waals surface area contributed by atoms with E-state index < -0.39 is 0 Å². The summed E-state index contributed by atoms with van der Waals surface area (Å²) in [6.07, 6.45) is 2.08. The van der Waals surface area contributed by atoms with E-state index >= 15 is 0 Å².